The van der Waals surface area contributed by atoms with E-state index in [-0.39, 0.29) is 24.0 Å². The van der Waals surface area contributed by atoms with Gasteiger partial charge in [-0.25, -0.2) is 0 Å². The van der Waals surface area contributed by atoms with Crippen LogP contribution in [0, 0.1) is 5.92 Å². The summed E-state index contributed by atoms with van der Waals surface area (Å²) >= 11 is 0. The monoisotopic (exact) mass is 458 g/mol. The van der Waals surface area contributed by atoms with Crippen LogP contribution in [0.3, 0.4) is 0 Å². The molecule has 0 aromatic heterocycles. The summed E-state index contributed by atoms with van der Waals surface area (Å²) in [4.78, 5) is 9.65. The van der Waals surface area contributed by atoms with Gasteiger partial charge in [-0.2, -0.15) is 0 Å². The molecule has 1 aliphatic heterocycles. The molecule has 1 aromatic rings. The summed E-state index contributed by atoms with van der Waals surface area (Å²) in [6.45, 7) is 8.07. The lowest BCUT2D eigenvalue weighted by Gasteiger charge is -2.37. The smallest absolute Gasteiger partial charge is 0.194 e. The molecule has 1 saturated heterocycles. The number of benzene rings is 1. The zero-order valence-electron chi connectivity index (χ0n) is 15.4. The molecule has 0 spiro atoms. The van der Waals surface area contributed by atoms with Crippen molar-refractivity contribution >= 4 is 35.6 Å². The van der Waals surface area contributed by atoms with Gasteiger partial charge in [-0.1, -0.05) is 18.9 Å². The fourth-order valence-electron chi connectivity index (χ4n) is 3.17. The second-order valence-electron chi connectivity index (χ2n) is 6.64. The molecule has 2 aliphatic rings. The van der Waals surface area contributed by atoms with Crippen molar-refractivity contribution in [2.24, 2.45) is 10.9 Å². The van der Waals surface area contributed by atoms with Crippen molar-refractivity contribution in [3.05, 3.63) is 24.3 Å². The van der Waals surface area contributed by atoms with Gasteiger partial charge < -0.3 is 19.9 Å². The summed E-state index contributed by atoms with van der Waals surface area (Å²) in [5.41, 5.74) is 1.24. The highest BCUT2D eigenvalue weighted by molar-refractivity contribution is 14.0. The van der Waals surface area contributed by atoms with E-state index >= 15 is 0 Å². The first-order valence-corrected chi connectivity index (χ1v) is 9.22. The van der Waals surface area contributed by atoms with Gasteiger partial charge in [0.2, 0.25) is 0 Å². The van der Waals surface area contributed by atoms with Crippen LogP contribution < -0.4 is 15.0 Å². The number of methoxy groups -OCH3 is 1. The molecule has 1 saturated carbocycles. The quantitative estimate of drug-likeness (QED) is 0.404. The lowest BCUT2D eigenvalue weighted by atomic mass is 10.2. The van der Waals surface area contributed by atoms with Crippen molar-refractivity contribution in [3.63, 3.8) is 0 Å². The number of ether oxygens (including phenoxy) is 1. The highest BCUT2D eigenvalue weighted by Gasteiger charge is 2.22. The average molecular weight is 458 g/mol. The van der Waals surface area contributed by atoms with E-state index in [1.165, 1.54) is 24.9 Å². The predicted molar refractivity (Wildman–Crippen MR) is 116 cm³/mol. The number of guanidine groups is 1. The van der Waals surface area contributed by atoms with Crippen molar-refractivity contribution < 1.29 is 4.74 Å². The van der Waals surface area contributed by atoms with E-state index in [0.717, 1.165) is 56.9 Å². The third-order valence-electron chi connectivity index (χ3n) is 4.83. The number of nitrogens with zero attached hydrogens (tertiary/aromatic N) is 3. The Bertz CT molecular complexity index is 554. The van der Waals surface area contributed by atoms with Gasteiger partial charge in [0.15, 0.2) is 5.96 Å². The van der Waals surface area contributed by atoms with Crippen molar-refractivity contribution in [3.8, 4) is 5.75 Å². The van der Waals surface area contributed by atoms with Gasteiger partial charge in [0.1, 0.15) is 5.75 Å². The lowest BCUT2D eigenvalue weighted by Crippen LogP contribution is -2.52. The van der Waals surface area contributed by atoms with Gasteiger partial charge >= 0.3 is 0 Å². The van der Waals surface area contributed by atoms with Crippen LogP contribution in [-0.4, -0.2) is 57.2 Å². The van der Waals surface area contributed by atoms with E-state index in [2.05, 4.69) is 40.2 Å². The van der Waals surface area contributed by atoms with Crippen LogP contribution in [-0.2, 0) is 0 Å². The van der Waals surface area contributed by atoms with Crippen molar-refractivity contribution in [1.29, 1.82) is 0 Å². The second kappa shape index (κ2) is 10.1. The van der Waals surface area contributed by atoms with E-state index in [1.54, 1.807) is 7.11 Å². The Balaban J connectivity index is 0.00000225. The largest absolute Gasteiger partial charge is 0.497 e. The molecule has 3 rings (SSSR count). The Morgan fingerprint density at radius 3 is 2.64 bits per heavy atom. The third kappa shape index (κ3) is 5.94. The van der Waals surface area contributed by atoms with Gasteiger partial charge in [0, 0.05) is 51.0 Å². The fourth-order valence-corrected chi connectivity index (χ4v) is 3.17. The first-order chi connectivity index (χ1) is 11.8. The molecule has 1 N–H and O–H groups in total. The molecule has 1 aliphatic carbocycles. The molecular formula is C19H31IN4O. The first-order valence-electron chi connectivity index (χ1n) is 9.22. The summed E-state index contributed by atoms with van der Waals surface area (Å²) in [6, 6.07) is 8.33. The maximum Gasteiger partial charge on any atom is 0.194 e. The number of rotatable bonds is 6. The number of halogens is 1. The topological polar surface area (TPSA) is 40.1 Å². The number of aliphatic imine (C=N–C) groups is 1. The average Bonchev–Trinajstić information content (AvgIpc) is 3.45. The maximum absolute atomic E-state index is 5.34. The molecule has 25 heavy (non-hydrogen) atoms. The SMILES string of the molecule is CCNC(=NCCC1CC1)N1CCN(c2cccc(OC)c2)CC1.I. The molecule has 0 radical (unpaired) electrons. The summed E-state index contributed by atoms with van der Waals surface area (Å²) in [6.07, 6.45) is 4.06. The van der Waals surface area contributed by atoms with Gasteiger partial charge in [-0.3, -0.25) is 4.99 Å². The molecule has 1 heterocycles. The third-order valence-corrected chi connectivity index (χ3v) is 4.83. The zero-order valence-corrected chi connectivity index (χ0v) is 17.7. The summed E-state index contributed by atoms with van der Waals surface area (Å²) in [7, 11) is 1.72. The van der Waals surface area contributed by atoms with Crippen LogP contribution in [0.1, 0.15) is 26.2 Å². The normalized spacial score (nSPS) is 17.9. The van der Waals surface area contributed by atoms with Crippen LogP contribution in [0.25, 0.3) is 0 Å². The Labute approximate surface area is 168 Å². The molecule has 0 unspecified atom stereocenters. The van der Waals surface area contributed by atoms with E-state index in [1.807, 2.05) is 6.07 Å². The van der Waals surface area contributed by atoms with Crippen LogP contribution >= 0.6 is 24.0 Å². The van der Waals surface area contributed by atoms with E-state index in [0.29, 0.717) is 0 Å². The Kier molecular flexibility index (Phi) is 8.12. The van der Waals surface area contributed by atoms with E-state index in [4.69, 9.17) is 9.73 Å². The number of hydrogen-bond donors (Lipinski definition) is 1. The molecule has 0 bridgehead atoms. The Morgan fingerprint density at radius 2 is 2.00 bits per heavy atom. The van der Waals surface area contributed by atoms with Crippen LogP contribution in [0.5, 0.6) is 5.75 Å². The van der Waals surface area contributed by atoms with Gasteiger partial charge in [0.25, 0.3) is 0 Å². The summed E-state index contributed by atoms with van der Waals surface area (Å²) < 4.78 is 5.34. The molecule has 1 aromatic carbocycles. The standard InChI is InChI=1S/C19H30N4O.HI/c1-3-20-19(21-10-9-16-7-8-16)23-13-11-22(12-14-23)17-5-4-6-18(15-17)24-2;/h4-6,15-16H,3,7-14H2,1-2H3,(H,20,21);1H. The summed E-state index contributed by atoms with van der Waals surface area (Å²) in [5.74, 6) is 2.95. The van der Waals surface area contributed by atoms with E-state index < -0.39 is 0 Å². The molecular weight excluding hydrogens is 427 g/mol. The number of anilines is 1. The van der Waals surface area contributed by atoms with Gasteiger partial charge in [-0.05, 0) is 31.4 Å². The lowest BCUT2D eigenvalue weighted by molar-refractivity contribution is 0.371. The fraction of sp³-hybridized carbons (Fsp3) is 0.632. The second-order valence-corrected chi connectivity index (χ2v) is 6.64. The van der Waals surface area contributed by atoms with Crippen molar-refractivity contribution in [2.75, 3.05) is 51.3 Å². The number of nitrogens with one attached hydrogen (secondary N) is 1. The highest BCUT2D eigenvalue weighted by Crippen LogP contribution is 2.32. The van der Waals surface area contributed by atoms with E-state index in [9.17, 15) is 0 Å². The van der Waals surface area contributed by atoms with Crippen molar-refractivity contribution in [1.82, 2.24) is 10.2 Å². The Morgan fingerprint density at radius 1 is 1.24 bits per heavy atom. The molecule has 6 heteroatoms. The molecule has 0 amide bonds. The van der Waals surface area contributed by atoms with Crippen LogP contribution in [0.15, 0.2) is 29.3 Å². The summed E-state index contributed by atoms with van der Waals surface area (Å²) in [5, 5.41) is 3.46. The number of hydrogen-bond acceptors (Lipinski definition) is 3. The van der Waals surface area contributed by atoms with Crippen LogP contribution in [0.4, 0.5) is 5.69 Å². The molecule has 0 atom stereocenters. The van der Waals surface area contributed by atoms with Gasteiger partial charge in [0.05, 0.1) is 7.11 Å². The molecule has 5 nitrogen and oxygen atoms in total. The molecule has 140 valence electrons. The van der Waals surface area contributed by atoms with Crippen LogP contribution in [0.2, 0.25) is 0 Å². The number of piperazine rings is 1. The zero-order chi connectivity index (χ0) is 16.8. The minimum absolute atomic E-state index is 0. The van der Waals surface area contributed by atoms with Gasteiger partial charge in [-0.15, -0.1) is 24.0 Å². The Hall–Kier alpha value is -1.18. The molecule has 2 fully saturated rings. The minimum Gasteiger partial charge on any atom is -0.497 e. The van der Waals surface area contributed by atoms with Crippen molar-refractivity contribution in [2.45, 2.75) is 26.2 Å². The minimum atomic E-state index is 0. The first kappa shape index (κ1) is 20.1. The predicted octanol–water partition coefficient (Wildman–Crippen LogP) is 3.20. The maximum atomic E-state index is 5.34. The highest BCUT2D eigenvalue weighted by atomic mass is 127.